The molecule has 1 amide bonds. The number of carbonyl (C=O) groups excluding carboxylic acids is 1. The lowest BCUT2D eigenvalue weighted by Crippen LogP contribution is -2.33. The molecule has 0 saturated heterocycles. The molecule has 212 valence electrons. The molecule has 0 spiro atoms. The van der Waals surface area contributed by atoms with Crippen molar-refractivity contribution in [1.82, 2.24) is 15.1 Å². The predicted octanol–water partition coefficient (Wildman–Crippen LogP) is 5.24. The number of hydrogen-bond acceptors (Lipinski definition) is 5. The number of amides is 1. The summed E-state index contributed by atoms with van der Waals surface area (Å²) in [6, 6.07) is 5.10. The first-order valence-corrected chi connectivity index (χ1v) is 14.9. The summed E-state index contributed by atoms with van der Waals surface area (Å²) in [6.07, 6.45) is 3.66. The van der Waals surface area contributed by atoms with E-state index in [2.05, 4.69) is 31.2 Å². The van der Waals surface area contributed by atoms with Crippen molar-refractivity contribution in [2.75, 3.05) is 12.3 Å². The SMILES string of the molecule is CCn1nc(C(=O)NCC2CCC(CS(N)(=O)=O)CC2)c(Cl)c1-c1ccc(CC(C)(C)C)cc1OC(F)F. The molecule has 1 fully saturated rings. The third-order valence-corrected chi connectivity index (χ3v) is 7.94. The summed E-state index contributed by atoms with van der Waals surface area (Å²) in [5.74, 6) is -0.276. The van der Waals surface area contributed by atoms with E-state index in [1.807, 2.05) is 13.0 Å². The van der Waals surface area contributed by atoms with Gasteiger partial charge in [0.25, 0.3) is 5.91 Å². The Morgan fingerprint density at radius 2 is 1.87 bits per heavy atom. The predicted molar refractivity (Wildman–Crippen MR) is 144 cm³/mol. The van der Waals surface area contributed by atoms with Crippen LogP contribution in [0.25, 0.3) is 11.3 Å². The summed E-state index contributed by atoms with van der Waals surface area (Å²) in [4.78, 5) is 13.0. The number of benzene rings is 1. The Morgan fingerprint density at radius 3 is 2.42 bits per heavy atom. The van der Waals surface area contributed by atoms with Gasteiger partial charge in [0.1, 0.15) is 5.75 Å². The standard InChI is InChI=1S/C26H37ClF2N4O4S/c1-5-33-23(19-11-10-18(13-26(2,3)4)12-20(19)37-25(28)29)21(27)22(32-33)24(34)31-14-16-6-8-17(9-7-16)15-38(30,35)36/h10-12,16-17,25H,5-9,13-15H2,1-4H3,(H,31,34)(H2,30,35,36). The number of halogens is 3. The van der Waals surface area contributed by atoms with Crippen LogP contribution in [0.2, 0.25) is 5.02 Å². The lowest BCUT2D eigenvalue weighted by Gasteiger charge is -2.27. The molecule has 3 N–H and O–H groups in total. The summed E-state index contributed by atoms with van der Waals surface area (Å²) in [6.45, 7) is 5.70. The van der Waals surface area contributed by atoms with Crippen LogP contribution in [0.4, 0.5) is 8.78 Å². The van der Waals surface area contributed by atoms with Gasteiger partial charge in [-0.15, -0.1) is 0 Å². The highest BCUT2D eigenvalue weighted by Crippen LogP contribution is 2.39. The average molecular weight is 575 g/mol. The Bertz CT molecular complexity index is 1240. The number of primary sulfonamides is 1. The van der Waals surface area contributed by atoms with Crippen LogP contribution in [0.5, 0.6) is 5.75 Å². The number of sulfonamides is 1. The van der Waals surface area contributed by atoms with Crippen LogP contribution in [0, 0.1) is 17.3 Å². The van der Waals surface area contributed by atoms with Crippen molar-refractivity contribution in [2.45, 2.75) is 73.0 Å². The van der Waals surface area contributed by atoms with Gasteiger partial charge >= 0.3 is 6.61 Å². The normalized spacial score (nSPS) is 18.6. The Kier molecular flexibility index (Phi) is 9.81. The van der Waals surface area contributed by atoms with Crippen molar-refractivity contribution in [2.24, 2.45) is 22.4 Å². The van der Waals surface area contributed by atoms with Crippen LogP contribution in [0.15, 0.2) is 18.2 Å². The van der Waals surface area contributed by atoms with E-state index in [-0.39, 0.29) is 39.5 Å². The van der Waals surface area contributed by atoms with Crippen LogP contribution in [-0.4, -0.2) is 43.0 Å². The molecule has 0 aliphatic heterocycles. The molecule has 0 radical (unpaired) electrons. The number of nitrogens with one attached hydrogen (secondary N) is 1. The van der Waals surface area contributed by atoms with Gasteiger partial charge < -0.3 is 10.1 Å². The number of aromatic nitrogens is 2. The van der Waals surface area contributed by atoms with E-state index in [9.17, 15) is 22.0 Å². The maximum atomic E-state index is 13.3. The lowest BCUT2D eigenvalue weighted by molar-refractivity contribution is -0.0495. The Hall–Kier alpha value is -2.24. The largest absolute Gasteiger partial charge is 0.434 e. The third-order valence-electron chi connectivity index (χ3n) is 6.65. The highest BCUT2D eigenvalue weighted by atomic mass is 35.5. The fraction of sp³-hybridized carbons (Fsp3) is 0.615. The molecule has 1 aromatic carbocycles. The average Bonchev–Trinajstić information content (AvgIpc) is 3.12. The molecular weight excluding hydrogens is 538 g/mol. The quantitative estimate of drug-likeness (QED) is 0.402. The third kappa shape index (κ3) is 8.38. The summed E-state index contributed by atoms with van der Waals surface area (Å²) < 4.78 is 55.7. The zero-order valence-electron chi connectivity index (χ0n) is 22.3. The first-order chi connectivity index (χ1) is 17.7. The van der Waals surface area contributed by atoms with E-state index in [0.29, 0.717) is 30.8 Å². The van der Waals surface area contributed by atoms with Gasteiger partial charge in [-0.05, 0) is 74.0 Å². The maximum absolute atomic E-state index is 13.3. The van der Waals surface area contributed by atoms with Crippen molar-refractivity contribution >= 4 is 27.5 Å². The minimum absolute atomic E-state index is 0.00759. The van der Waals surface area contributed by atoms with Gasteiger partial charge in [-0.3, -0.25) is 9.48 Å². The molecule has 12 heteroatoms. The van der Waals surface area contributed by atoms with Crippen LogP contribution >= 0.6 is 11.6 Å². The zero-order valence-corrected chi connectivity index (χ0v) is 23.8. The molecule has 1 heterocycles. The van der Waals surface area contributed by atoms with E-state index >= 15 is 0 Å². The number of nitrogens with zero attached hydrogens (tertiary/aromatic N) is 2. The Morgan fingerprint density at radius 1 is 1.24 bits per heavy atom. The van der Waals surface area contributed by atoms with E-state index in [0.717, 1.165) is 31.2 Å². The second kappa shape index (κ2) is 12.3. The molecule has 1 aromatic heterocycles. The van der Waals surface area contributed by atoms with Gasteiger partial charge in [0.05, 0.1) is 16.5 Å². The molecule has 38 heavy (non-hydrogen) atoms. The van der Waals surface area contributed by atoms with E-state index < -0.39 is 22.5 Å². The monoisotopic (exact) mass is 574 g/mol. The highest BCUT2D eigenvalue weighted by Gasteiger charge is 2.28. The molecular formula is C26H37ClF2N4O4S. The highest BCUT2D eigenvalue weighted by molar-refractivity contribution is 7.89. The van der Waals surface area contributed by atoms with Crippen LogP contribution in [0.1, 0.15) is 69.4 Å². The van der Waals surface area contributed by atoms with Crippen LogP contribution in [-0.2, 0) is 23.0 Å². The Balaban J connectivity index is 1.79. The van der Waals surface area contributed by atoms with Gasteiger partial charge in [0, 0.05) is 18.7 Å². The van der Waals surface area contributed by atoms with Crippen molar-refractivity contribution in [1.29, 1.82) is 0 Å². The number of alkyl halides is 2. The first-order valence-electron chi connectivity index (χ1n) is 12.8. The number of carbonyl (C=O) groups is 1. The van der Waals surface area contributed by atoms with E-state index in [4.69, 9.17) is 21.5 Å². The number of ether oxygens (including phenoxy) is 1. The summed E-state index contributed by atoms with van der Waals surface area (Å²) in [5, 5.41) is 12.5. The zero-order chi connectivity index (χ0) is 28.3. The topological polar surface area (TPSA) is 116 Å². The minimum Gasteiger partial charge on any atom is -0.434 e. The second-order valence-electron chi connectivity index (χ2n) is 11.2. The van der Waals surface area contributed by atoms with Crippen molar-refractivity contribution < 1.29 is 26.7 Å². The van der Waals surface area contributed by atoms with Crippen LogP contribution < -0.4 is 15.2 Å². The molecule has 8 nitrogen and oxygen atoms in total. The minimum atomic E-state index is -3.50. The van der Waals surface area contributed by atoms with Crippen molar-refractivity contribution in [3.05, 3.63) is 34.5 Å². The molecule has 0 atom stereocenters. The first kappa shape index (κ1) is 30.3. The maximum Gasteiger partial charge on any atom is 0.387 e. The van der Waals surface area contributed by atoms with E-state index in [1.54, 1.807) is 12.1 Å². The van der Waals surface area contributed by atoms with Crippen molar-refractivity contribution in [3.8, 4) is 17.0 Å². The van der Waals surface area contributed by atoms with Gasteiger partial charge in [-0.2, -0.15) is 13.9 Å². The number of nitrogens with two attached hydrogens (primary N) is 1. The second-order valence-corrected chi connectivity index (χ2v) is 13.2. The molecule has 0 unspecified atom stereocenters. The molecule has 1 aliphatic carbocycles. The van der Waals surface area contributed by atoms with Gasteiger partial charge in [-0.25, -0.2) is 13.6 Å². The molecule has 3 rings (SSSR count). The fourth-order valence-corrected chi connectivity index (χ4v) is 6.31. The lowest BCUT2D eigenvalue weighted by atomic mass is 9.83. The van der Waals surface area contributed by atoms with E-state index in [1.165, 1.54) is 4.68 Å². The van der Waals surface area contributed by atoms with Crippen LogP contribution in [0.3, 0.4) is 0 Å². The summed E-state index contributed by atoms with van der Waals surface area (Å²) >= 11 is 6.64. The molecule has 1 saturated carbocycles. The number of aryl methyl sites for hydroxylation is 1. The van der Waals surface area contributed by atoms with Gasteiger partial charge in [0.15, 0.2) is 5.69 Å². The molecule has 0 bridgehead atoms. The molecule has 1 aliphatic rings. The number of rotatable bonds is 10. The fourth-order valence-electron chi connectivity index (χ4n) is 5.00. The smallest absolute Gasteiger partial charge is 0.387 e. The van der Waals surface area contributed by atoms with Crippen molar-refractivity contribution in [3.63, 3.8) is 0 Å². The summed E-state index contributed by atoms with van der Waals surface area (Å²) in [7, 11) is -3.50. The Labute approximate surface area is 228 Å². The number of hydrogen-bond donors (Lipinski definition) is 2. The summed E-state index contributed by atoms with van der Waals surface area (Å²) in [5.41, 5.74) is 1.45. The van der Waals surface area contributed by atoms with Gasteiger partial charge in [0.2, 0.25) is 10.0 Å². The molecule has 2 aromatic rings. The van der Waals surface area contributed by atoms with Gasteiger partial charge in [-0.1, -0.05) is 38.4 Å².